The summed E-state index contributed by atoms with van der Waals surface area (Å²) in [5, 5.41) is 1.07. The van der Waals surface area contributed by atoms with E-state index in [1.165, 1.54) is 0 Å². The van der Waals surface area contributed by atoms with Gasteiger partial charge < -0.3 is 0 Å². The van der Waals surface area contributed by atoms with Crippen LogP contribution >= 0.6 is 0 Å². The number of nitrogens with zero attached hydrogens (tertiary/aromatic N) is 2. The number of rotatable bonds is 1. The zero-order chi connectivity index (χ0) is 11.7. The molecule has 0 atom stereocenters. The summed E-state index contributed by atoms with van der Waals surface area (Å²) in [5.41, 5.74) is 2.98. The van der Waals surface area contributed by atoms with Crippen molar-refractivity contribution in [3.63, 3.8) is 0 Å². The van der Waals surface area contributed by atoms with Gasteiger partial charge in [0.05, 0.1) is 11.2 Å². The fourth-order valence-electron chi connectivity index (χ4n) is 1.91. The maximum absolute atomic E-state index is 4.53. The molecule has 0 unspecified atom stereocenters. The highest BCUT2D eigenvalue weighted by molar-refractivity contribution is 5.92. The van der Waals surface area contributed by atoms with Crippen LogP contribution in [0.2, 0.25) is 0 Å². The second-order valence-electron chi connectivity index (χ2n) is 3.86. The third-order valence-electron chi connectivity index (χ3n) is 2.65. The summed E-state index contributed by atoms with van der Waals surface area (Å²) in [6.07, 6.45) is 0. The molecular formula is C15H10N2. The molecule has 80 valence electrons. The zero-order valence-electron chi connectivity index (χ0n) is 9.44. The highest BCUT2D eigenvalue weighted by atomic mass is 14.9. The summed E-state index contributed by atoms with van der Waals surface area (Å²) >= 11 is 0. The van der Waals surface area contributed by atoms with Gasteiger partial charge in [-0.3, -0.25) is 0 Å². The molecule has 0 radical (unpaired) electrons. The molecule has 0 saturated carbocycles. The Morgan fingerprint density at radius 2 is 1.88 bits per heavy atom. The first-order chi connectivity index (χ1) is 8.34. The van der Waals surface area contributed by atoms with Crippen LogP contribution in [0.4, 0.5) is 0 Å². The highest BCUT2D eigenvalue weighted by Gasteiger charge is 2.06. The maximum atomic E-state index is 4.53. The van der Waals surface area contributed by atoms with E-state index < -0.39 is 0 Å². The number of aryl methyl sites for hydroxylation is 1. The summed E-state index contributed by atoms with van der Waals surface area (Å²) < 4.78 is 0. The third kappa shape index (κ3) is 1.72. The average molecular weight is 218 g/mol. The lowest BCUT2D eigenvalue weighted by Gasteiger charge is -2.05. The van der Waals surface area contributed by atoms with Gasteiger partial charge >= 0.3 is 0 Å². The SMILES string of the molecule is Cc1nc(-c2cc#ccc2)c2ccccc2n1. The number of hydrogen-bond acceptors (Lipinski definition) is 2. The first-order valence-electron chi connectivity index (χ1n) is 5.46. The lowest BCUT2D eigenvalue weighted by Crippen LogP contribution is -1.93. The quantitative estimate of drug-likeness (QED) is 0.626. The molecule has 3 rings (SSSR count). The van der Waals surface area contributed by atoms with Gasteiger partial charge in [-0.2, -0.15) is 0 Å². The number of para-hydroxylation sites is 1. The Labute approximate surface area is 100.0 Å². The van der Waals surface area contributed by atoms with E-state index in [0.717, 1.165) is 28.0 Å². The molecule has 2 heteroatoms. The zero-order valence-corrected chi connectivity index (χ0v) is 9.44. The minimum Gasteiger partial charge on any atom is -0.233 e. The Balaban J connectivity index is 2.36. The number of benzene rings is 1. The standard InChI is InChI=1S/C15H10N2/c1-11-16-14-10-6-5-9-13(14)15(17-11)12-7-3-2-4-8-12/h3,5-10H,1H3. The van der Waals surface area contributed by atoms with Crippen molar-refractivity contribution in [2.75, 3.05) is 0 Å². The molecule has 17 heavy (non-hydrogen) atoms. The first-order valence-corrected chi connectivity index (χ1v) is 5.46. The maximum Gasteiger partial charge on any atom is 0.126 e. The van der Waals surface area contributed by atoms with E-state index in [1.54, 1.807) is 0 Å². The lowest BCUT2D eigenvalue weighted by molar-refractivity contribution is 1.10. The monoisotopic (exact) mass is 218 g/mol. The van der Waals surface area contributed by atoms with Gasteiger partial charge in [-0.15, -0.1) is 0 Å². The fraction of sp³-hybridized carbons (Fsp3) is 0.0667. The van der Waals surface area contributed by atoms with Crippen molar-refractivity contribution in [2.24, 2.45) is 0 Å². The van der Waals surface area contributed by atoms with Gasteiger partial charge in [0.1, 0.15) is 5.82 Å². The largest absolute Gasteiger partial charge is 0.233 e. The molecule has 0 amide bonds. The van der Waals surface area contributed by atoms with Gasteiger partial charge in [-0.05, 0) is 31.2 Å². The van der Waals surface area contributed by atoms with E-state index in [2.05, 4.69) is 22.1 Å². The average Bonchev–Trinajstić information content (AvgIpc) is 2.39. The summed E-state index contributed by atoms with van der Waals surface area (Å²) in [7, 11) is 0. The topological polar surface area (TPSA) is 25.8 Å². The van der Waals surface area contributed by atoms with Crippen LogP contribution in [0.5, 0.6) is 0 Å². The summed E-state index contributed by atoms with van der Waals surface area (Å²) in [6, 6.07) is 19.6. The van der Waals surface area contributed by atoms with E-state index in [4.69, 9.17) is 0 Å². The molecule has 0 saturated heterocycles. The molecule has 1 aromatic heterocycles. The van der Waals surface area contributed by atoms with Crippen molar-refractivity contribution in [3.8, 4) is 11.3 Å². The number of hydrogen-bond donors (Lipinski definition) is 0. The summed E-state index contributed by atoms with van der Waals surface area (Å²) in [5.74, 6) is 0.784. The molecule has 0 bridgehead atoms. The number of fused-ring (bicyclic) bond motifs is 1. The Morgan fingerprint density at radius 3 is 2.71 bits per heavy atom. The minimum absolute atomic E-state index is 0.784. The Bertz CT molecular complexity index is 660. The van der Waals surface area contributed by atoms with E-state index in [-0.39, 0.29) is 0 Å². The molecule has 0 aliphatic rings. The van der Waals surface area contributed by atoms with Crippen LogP contribution in [-0.2, 0) is 0 Å². The third-order valence-corrected chi connectivity index (χ3v) is 2.65. The van der Waals surface area contributed by atoms with Gasteiger partial charge in [-0.25, -0.2) is 9.97 Å². The van der Waals surface area contributed by atoms with Crippen LogP contribution < -0.4 is 0 Å². The van der Waals surface area contributed by atoms with Crippen molar-refractivity contribution in [1.29, 1.82) is 0 Å². The lowest BCUT2D eigenvalue weighted by atomic mass is 10.1. The van der Waals surface area contributed by atoms with Crippen LogP contribution in [0.3, 0.4) is 0 Å². The van der Waals surface area contributed by atoms with E-state index in [9.17, 15) is 0 Å². The Morgan fingerprint density at radius 1 is 1.00 bits per heavy atom. The van der Waals surface area contributed by atoms with Gasteiger partial charge in [0.25, 0.3) is 0 Å². The van der Waals surface area contributed by atoms with Crippen LogP contribution in [0.25, 0.3) is 22.2 Å². The molecule has 0 fully saturated rings. The Kier molecular flexibility index (Phi) is 2.23. The number of aromatic nitrogens is 2. The molecule has 0 N–H and O–H groups in total. The predicted molar refractivity (Wildman–Crippen MR) is 67.4 cm³/mol. The van der Waals surface area contributed by atoms with Crippen molar-refractivity contribution in [2.45, 2.75) is 6.92 Å². The second kappa shape index (κ2) is 3.88. The fourth-order valence-corrected chi connectivity index (χ4v) is 1.91. The van der Waals surface area contributed by atoms with Gasteiger partial charge in [0.15, 0.2) is 0 Å². The molecule has 2 aromatic carbocycles. The molecule has 0 spiro atoms. The smallest absolute Gasteiger partial charge is 0.126 e. The first kappa shape index (κ1) is 9.80. The summed E-state index contributed by atoms with van der Waals surface area (Å²) in [6.45, 7) is 1.91. The van der Waals surface area contributed by atoms with Crippen molar-refractivity contribution < 1.29 is 0 Å². The highest BCUT2D eigenvalue weighted by Crippen LogP contribution is 2.24. The molecular weight excluding hydrogens is 208 g/mol. The van der Waals surface area contributed by atoms with E-state index in [0.29, 0.717) is 0 Å². The second-order valence-corrected chi connectivity index (χ2v) is 3.86. The van der Waals surface area contributed by atoms with E-state index in [1.807, 2.05) is 49.4 Å². The molecule has 1 heterocycles. The van der Waals surface area contributed by atoms with Crippen molar-refractivity contribution in [3.05, 3.63) is 60.4 Å². The minimum atomic E-state index is 0.784. The van der Waals surface area contributed by atoms with Crippen molar-refractivity contribution >= 4 is 10.9 Å². The normalized spacial score (nSPS) is 10.2. The predicted octanol–water partition coefficient (Wildman–Crippen LogP) is 3.21. The molecule has 0 aliphatic carbocycles. The molecule has 0 aliphatic heterocycles. The van der Waals surface area contributed by atoms with Crippen LogP contribution in [0.15, 0.2) is 42.5 Å². The molecule has 3 aromatic rings. The van der Waals surface area contributed by atoms with Gasteiger partial charge in [0, 0.05) is 10.9 Å². The van der Waals surface area contributed by atoms with Crippen LogP contribution in [-0.4, -0.2) is 9.97 Å². The van der Waals surface area contributed by atoms with Gasteiger partial charge in [0.2, 0.25) is 0 Å². The van der Waals surface area contributed by atoms with Crippen LogP contribution in [0, 0.1) is 19.1 Å². The van der Waals surface area contributed by atoms with Crippen molar-refractivity contribution in [1.82, 2.24) is 9.97 Å². The summed E-state index contributed by atoms with van der Waals surface area (Å²) in [4.78, 5) is 8.96. The van der Waals surface area contributed by atoms with E-state index >= 15 is 0 Å². The van der Waals surface area contributed by atoms with Gasteiger partial charge in [-0.1, -0.05) is 30.3 Å². The Hall–Kier alpha value is -2.40. The molecule has 2 nitrogen and oxygen atoms in total. The van der Waals surface area contributed by atoms with Crippen LogP contribution in [0.1, 0.15) is 5.82 Å².